The highest BCUT2D eigenvalue weighted by Crippen LogP contribution is 2.31. The molecule has 2 heterocycles. The molecule has 0 saturated heterocycles. The van der Waals surface area contributed by atoms with E-state index in [1.807, 2.05) is 12.1 Å². The zero-order chi connectivity index (χ0) is 13.4. The minimum absolute atomic E-state index is 0.243. The van der Waals surface area contributed by atoms with E-state index in [0.29, 0.717) is 0 Å². The summed E-state index contributed by atoms with van der Waals surface area (Å²) < 4.78 is 19.5. The highest BCUT2D eigenvalue weighted by Gasteiger charge is 2.10. The fourth-order valence-corrected chi connectivity index (χ4v) is 2.64. The molecule has 3 nitrogen and oxygen atoms in total. The summed E-state index contributed by atoms with van der Waals surface area (Å²) in [6, 6.07) is 8.79. The van der Waals surface area contributed by atoms with Crippen LogP contribution in [0.4, 0.5) is 4.39 Å². The SMILES string of the molecule is COc1cc(-c2ccnc3[nH]c(I)cc23)ccc1F. The molecule has 3 rings (SSSR count). The second kappa shape index (κ2) is 4.80. The van der Waals surface area contributed by atoms with Crippen molar-refractivity contribution in [3.63, 3.8) is 0 Å². The molecular formula is C14H10FIN2O. The molecule has 0 aliphatic carbocycles. The quantitative estimate of drug-likeness (QED) is 0.695. The summed E-state index contributed by atoms with van der Waals surface area (Å²) >= 11 is 2.21. The van der Waals surface area contributed by atoms with E-state index in [9.17, 15) is 4.39 Å². The number of halogens is 2. The summed E-state index contributed by atoms with van der Waals surface area (Å²) in [4.78, 5) is 7.46. The molecule has 0 aliphatic rings. The van der Waals surface area contributed by atoms with Gasteiger partial charge in [-0.15, -0.1) is 0 Å². The number of ether oxygens (including phenoxy) is 1. The molecule has 0 fully saturated rings. The Morgan fingerprint density at radius 3 is 2.89 bits per heavy atom. The molecule has 0 amide bonds. The third-order valence-electron chi connectivity index (χ3n) is 2.96. The summed E-state index contributed by atoms with van der Waals surface area (Å²) in [5, 5.41) is 1.01. The van der Waals surface area contributed by atoms with Gasteiger partial charge in [0.25, 0.3) is 0 Å². The number of nitrogens with one attached hydrogen (secondary N) is 1. The number of hydrogen-bond acceptors (Lipinski definition) is 2. The van der Waals surface area contributed by atoms with Gasteiger partial charge in [0.2, 0.25) is 0 Å². The summed E-state index contributed by atoms with van der Waals surface area (Å²) in [7, 11) is 1.46. The van der Waals surface area contributed by atoms with Crippen LogP contribution >= 0.6 is 22.6 Å². The van der Waals surface area contributed by atoms with Crippen LogP contribution in [0.1, 0.15) is 0 Å². The van der Waals surface area contributed by atoms with Crippen molar-refractivity contribution in [1.82, 2.24) is 9.97 Å². The smallest absolute Gasteiger partial charge is 0.165 e. The van der Waals surface area contributed by atoms with Crippen molar-refractivity contribution in [3.05, 3.63) is 46.0 Å². The van der Waals surface area contributed by atoms with E-state index in [2.05, 4.69) is 32.6 Å². The van der Waals surface area contributed by atoms with Crippen LogP contribution in [0.2, 0.25) is 0 Å². The molecule has 0 saturated carbocycles. The molecule has 0 bridgehead atoms. The van der Waals surface area contributed by atoms with Crippen molar-refractivity contribution < 1.29 is 9.13 Å². The number of H-pyrrole nitrogens is 1. The van der Waals surface area contributed by atoms with E-state index >= 15 is 0 Å². The minimum atomic E-state index is -0.361. The van der Waals surface area contributed by atoms with E-state index in [4.69, 9.17) is 4.74 Å². The Morgan fingerprint density at radius 1 is 1.26 bits per heavy atom. The summed E-state index contributed by atoms with van der Waals surface area (Å²) in [5.74, 6) is -0.118. The Morgan fingerprint density at radius 2 is 2.11 bits per heavy atom. The predicted molar refractivity (Wildman–Crippen MR) is 80.8 cm³/mol. The lowest BCUT2D eigenvalue weighted by atomic mass is 10.0. The lowest BCUT2D eigenvalue weighted by Crippen LogP contribution is -1.89. The van der Waals surface area contributed by atoms with Crippen molar-refractivity contribution >= 4 is 33.6 Å². The average molecular weight is 368 g/mol. The van der Waals surface area contributed by atoms with E-state index in [0.717, 1.165) is 25.9 Å². The number of benzene rings is 1. The Hall–Kier alpha value is -1.63. The first kappa shape index (κ1) is 12.4. The second-order valence-corrected chi connectivity index (χ2v) is 5.25. The van der Waals surface area contributed by atoms with E-state index in [1.165, 1.54) is 13.2 Å². The molecule has 1 aromatic carbocycles. The molecule has 0 radical (unpaired) electrons. The van der Waals surface area contributed by atoms with Gasteiger partial charge >= 0.3 is 0 Å². The van der Waals surface area contributed by atoms with Crippen LogP contribution in [0.15, 0.2) is 36.5 Å². The van der Waals surface area contributed by atoms with Gasteiger partial charge in [-0.3, -0.25) is 0 Å². The number of rotatable bonds is 2. The van der Waals surface area contributed by atoms with Gasteiger partial charge in [0, 0.05) is 11.6 Å². The molecule has 0 spiro atoms. The number of aromatic amines is 1. The van der Waals surface area contributed by atoms with Gasteiger partial charge in [0.1, 0.15) is 5.65 Å². The van der Waals surface area contributed by atoms with Crippen LogP contribution in [0.25, 0.3) is 22.2 Å². The Balaban J connectivity index is 2.24. The summed E-state index contributed by atoms with van der Waals surface area (Å²) in [6.07, 6.45) is 1.74. The minimum Gasteiger partial charge on any atom is -0.494 e. The van der Waals surface area contributed by atoms with Gasteiger partial charge < -0.3 is 9.72 Å². The molecular weight excluding hydrogens is 358 g/mol. The topological polar surface area (TPSA) is 37.9 Å². The largest absolute Gasteiger partial charge is 0.494 e. The maximum absolute atomic E-state index is 13.5. The second-order valence-electron chi connectivity index (χ2n) is 4.09. The van der Waals surface area contributed by atoms with Crippen molar-refractivity contribution in [1.29, 1.82) is 0 Å². The monoisotopic (exact) mass is 368 g/mol. The molecule has 0 aliphatic heterocycles. The van der Waals surface area contributed by atoms with Gasteiger partial charge in [-0.05, 0) is 58.0 Å². The molecule has 0 unspecified atom stereocenters. The lowest BCUT2D eigenvalue weighted by Gasteiger charge is -2.06. The van der Waals surface area contributed by atoms with Crippen LogP contribution in [-0.4, -0.2) is 17.1 Å². The maximum atomic E-state index is 13.5. The number of fused-ring (bicyclic) bond motifs is 1. The average Bonchev–Trinajstić information content (AvgIpc) is 2.79. The fraction of sp³-hybridized carbons (Fsp3) is 0.0714. The number of aromatic nitrogens is 2. The first-order chi connectivity index (χ1) is 9.19. The first-order valence-corrected chi connectivity index (χ1v) is 6.74. The number of pyridine rings is 1. The van der Waals surface area contributed by atoms with Crippen molar-refractivity contribution in [3.8, 4) is 16.9 Å². The molecule has 96 valence electrons. The Labute approximate surface area is 123 Å². The van der Waals surface area contributed by atoms with Crippen LogP contribution in [0, 0.1) is 9.52 Å². The van der Waals surface area contributed by atoms with Gasteiger partial charge in [-0.25, -0.2) is 9.37 Å². The Bertz CT molecular complexity index is 754. The lowest BCUT2D eigenvalue weighted by molar-refractivity contribution is 0.387. The van der Waals surface area contributed by atoms with Crippen molar-refractivity contribution in [2.45, 2.75) is 0 Å². The number of nitrogens with zero attached hydrogens (tertiary/aromatic N) is 1. The zero-order valence-corrected chi connectivity index (χ0v) is 12.2. The van der Waals surface area contributed by atoms with Gasteiger partial charge in [0.15, 0.2) is 11.6 Å². The fourth-order valence-electron chi connectivity index (χ4n) is 2.07. The predicted octanol–water partition coefficient (Wildman–Crippen LogP) is 3.98. The Kier molecular flexibility index (Phi) is 3.14. The number of hydrogen-bond donors (Lipinski definition) is 1. The zero-order valence-electron chi connectivity index (χ0n) is 10.1. The van der Waals surface area contributed by atoms with Gasteiger partial charge in [0.05, 0.1) is 10.8 Å². The summed E-state index contributed by atoms with van der Waals surface area (Å²) in [5.41, 5.74) is 2.73. The summed E-state index contributed by atoms with van der Waals surface area (Å²) in [6.45, 7) is 0. The molecule has 0 atom stereocenters. The van der Waals surface area contributed by atoms with E-state index < -0.39 is 0 Å². The van der Waals surface area contributed by atoms with Crippen LogP contribution in [0.3, 0.4) is 0 Å². The standard InChI is InChI=1S/C14H10FIN2O/c1-19-12-6-8(2-3-11(12)15)9-4-5-17-14-10(9)7-13(16)18-14/h2-7H,1H3,(H,17,18). The van der Waals surface area contributed by atoms with Gasteiger partial charge in [-0.1, -0.05) is 6.07 Å². The molecule has 1 N–H and O–H groups in total. The molecule has 19 heavy (non-hydrogen) atoms. The third-order valence-corrected chi connectivity index (χ3v) is 3.54. The molecule has 2 aromatic heterocycles. The third kappa shape index (κ3) is 2.18. The molecule has 5 heteroatoms. The highest BCUT2D eigenvalue weighted by atomic mass is 127. The van der Waals surface area contributed by atoms with Crippen LogP contribution < -0.4 is 4.74 Å². The molecule has 3 aromatic rings. The van der Waals surface area contributed by atoms with E-state index in [-0.39, 0.29) is 11.6 Å². The van der Waals surface area contributed by atoms with Crippen molar-refractivity contribution in [2.24, 2.45) is 0 Å². The van der Waals surface area contributed by atoms with Crippen molar-refractivity contribution in [2.75, 3.05) is 7.11 Å². The van der Waals surface area contributed by atoms with E-state index in [1.54, 1.807) is 18.3 Å². The number of methoxy groups -OCH3 is 1. The highest BCUT2D eigenvalue weighted by molar-refractivity contribution is 14.1. The van der Waals surface area contributed by atoms with Crippen LogP contribution in [-0.2, 0) is 0 Å². The van der Waals surface area contributed by atoms with Gasteiger partial charge in [-0.2, -0.15) is 0 Å². The maximum Gasteiger partial charge on any atom is 0.165 e. The normalized spacial score (nSPS) is 10.9. The van der Waals surface area contributed by atoms with Crippen LogP contribution in [0.5, 0.6) is 5.75 Å². The first-order valence-electron chi connectivity index (χ1n) is 5.66.